The molecule has 0 radical (unpaired) electrons. The smallest absolute Gasteiger partial charge is 0.254 e. The Bertz CT molecular complexity index is 1890. The number of aromatic nitrogens is 8. The van der Waals surface area contributed by atoms with Gasteiger partial charge in [0.25, 0.3) is 5.56 Å². The Morgan fingerprint density at radius 3 is 2.83 bits per heavy atom. The molecule has 2 bridgehead atoms. The highest BCUT2D eigenvalue weighted by Gasteiger charge is 2.23. The molecule has 0 spiro atoms. The maximum absolute atomic E-state index is 15.4. The lowest BCUT2D eigenvalue weighted by molar-refractivity contribution is 0.443. The molecular weight excluding hydrogens is 559 g/mol. The molecule has 13 heteroatoms. The molecule has 0 amide bonds. The number of nitriles is 1. The lowest BCUT2D eigenvalue weighted by Gasteiger charge is -2.22. The zero-order valence-corrected chi connectivity index (χ0v) is 23.6. The van der Waals surface area contributed by atoms with Crippen LogP contribution < -0.4 is 10.9 Å². The largest absolute Gasteiger partial charge is 0.382 e. The summed E-state index contributed by atoms with van der Waals surface area (Å²) in [4.78, 5) is 22.9. The predicted molar refractivity (Wildman–Crippen MR) is 155 cm³/mol. The molecule has 0 aliphatic carbocycles. The van der Waals surface area contributed by atoms with Gasteiger partial charge < -0.3 is 5.32 Å². The SMILES string of the molecule is C[C@@H]1CCC[C@H](n2cnc(-c3c(-n4cc(C#N)nn4)ccc(Cl)c3F)cc2=O)c2cc(ccn2)-c2c(cnn2C)NC1. The van der Waals surface area contributed by atoms with E-state index in [0.717, 1.165) is 36.3 Å². The summed E-state index contributed by atoms with van der Waals surface area (Å²) >= 11 is 6.12. The van der Waals surface area contributed by atoms with Crippen LogP contribution in [0.1, 0.15) is 43.6 Å². The molecule has 5 heterocycles. The van der Waals surface area contributed by atoms with Gasteiger partial charge in [-0.15, -0.1) is 5.10 Å². The molecule has 5 aromatic rings. The molecule has 11 nitrogen and oxygen atoms in total. The van der Waals surface area contributed by atoms with Crippen molar-refractivity contribution in [3.05, 3.63) is 87.8 Å². The van der Waals surface area contributed by atoms with Crippen LogP contribution in [0.4, 0.5) is 10.1 Å². The third kappa shape index (κ3) is 5.03. The summed E-state index contributed by atoms with van der Waals surface area (Å²) in [5, 5.41) is 24.7. The molecular formula is C29H26ClFN10O. The molecule has 6 rings (SSSR count). The minimum Gasteiger partial charge on any atom is -0.382 e. The molecule has 2 atom stereocenters. The zero-order chi connectivity index (χ0) is 29.4. The molecule has 212 valence electrons. The van der Waals surface area contributed by atoms with Crippen LogP contribution in [0.3, 0.4) is 0 Å². The molecule has 0 saturated carbocycles. The molecule has 1 N–H and O–H groups in total. The van der Waals surface area contributed by atoms with Crippen LogP contribution in [0.15, 0.2) is 60.0 Å². The number of pyridine rings is 1. The van der Waals surface area contributed by atoms with Gasteiger partial charge in [-0.1, -0.05) is 30.2 Å². The highest BCUT2D eigenvalue weighted by molar-refractivity contribution is 6.31. The number of anilines is 1. The lowest BCUT2D eigenvalue weighted by atomic mass is 9.97. The van der Waals surface area contributed by atoms with Gasteiger partial charge in [0, 0.05) is 31.4 Å². The van der Waals surface area contributed by atoms with Gasteiger partial charge in [-0.25, -0.2) is 14.1 Å². The standard InChI is InChI=1S/C29H26ClFN10O/c1-17-4-3-5-24(21-10-18(8-9-33-21)29-23(34-13-17)14-36-39(29)2)40-16-35-22(11-26(40)42)27-25(7-6-20(30)28(27)31)41-15-19(12-32)37-38-41/h6-11,14-17,24,34H,3-5,13H2,1-2H3/t17-,24+/m1/s1. The second-order valence-corrected chi connectivity index (χ2v) is 10.8. The lowest BCUT2D eigenvalue weighted by Crippen LogP contribution is -2.27. The molecule has 0 saturated heterocycles. The number of nitrogens with one attached hydrogen (secondary N) is 1. The van der Waals surface area contributed by atoms with E-state index < -0.39 is 11.9 Å². The quantitative estimate of drug-likeness (QED) is 0.321. The Morgan fingerprint density at radius 2 is 2.05 bits per heavy atom. The van der Waals surface area contributed by atoms with Gasteiger partial charge in [-0.2, -0.15) is 10.4 Å². The fourth-order valence-corrected chi connectivity index (χ4v) is 5.51. The monoisotopic (exact) mass is 584 g/mol. The van der Waals surface area contributed by atoms with Crippen molar-refractivity contribution in [1.82, 2.24) is 39.3 Å². The van der Waals surface area contributed by atoms with Gasteiger partial charge in [0.15, 0.2) is 11.5 Å². The van der Waals surface area contributed by atoms with Gasteiger partial charge in [-0.3, -0.25) is 19.0 Å². The molecule has 1 aliphatic rings. The first-order valence-electron chi connectivity index (χ1n) is 13.5. The number of nitrogens with zero attached hydrogens (tertiary/aromatic N) is 9. The van der Waals surface area contributed by atoms with Crippen molar-refractivity contribution >= 4 is 17.3 Å². The topological polar surface area (TPSA) is 132 Å². The summed E-state index contributed by atoms with van der Waals surface area (Å²) in [5.41, 5.74) is 3.49. The number of hydrogen-bond donors (Lipinski definition) is 1. The third-order valence-electron chi connectivity index (χ3n) is 7.51. The fourth-order valence-electron chi connectivity index (χ4n) is 5.35. The Balaban J connectivity index is 1.45. The summed E-state index contributed by atoms with van der Waals surface area (Å²) < 4.78 is 20.1. The van der Waals surface area contributed by atoms with E-state index in [2.05, 4.69) is 37.6 Å². The van der Waals surface area contributed by atoms with Crippen molar-refractivity contribution in [2.75, 3.05) is 11.9 Å². The normalized spacial score (nSPS) is 16.9. The van der Waals surface area contributed by atoms with Crippen molar-refractivity contribution in [2.45, 2.75) is 32.2 Å². The van der Waals surface area contributed by atoms with Crippen LogP contribution in [0, 0.1) is 23.1 Å². The number of fused-ring (bicyclic) bond motifs is 4. The van der Waals surface area contributed by atoms with Crippen molar-refractivity contribution in [2.24, 2.45) is 13.0 Å². The maximum Gasteiger partial charge on any atom is 0.254 e. The minimum absolute atomic E-state index is 0.0231. The zero-order valence-electron chi connectivity index (χ0n) is 22.9. The van der Waals surface area contributed by atoms with Crippen LogP contribution in [0.2, 0.25) is 5.02 Å². The predicted octanol–water partition coefficient (Wildman–Crippen LogP) is 4.77. The Kier molecular flexibility index (Phi) is 7.26. The number of hydrogen-bond acceptors (Lipinski definition) is 8. The van der Waals surface area contributed by atoms with Crippen molar-refractivity contribution in [3.63, 3.8) is 0 Å². The van der Waals surface area contributed by atoms with E-state index in [4.69, 9.17) is 16.9 Å². The molecule has 1 aromatic carbocycles. The first-order chi connectivity index (χ1) is 20.3. The van der Waals surface area contributed by atoms with Gasteiger partial charge in [0.05, 0.1) is 63.8 Å². The van der Waals surface area contributed by atoms with Crippen molar-refractivity contribution < 1.29 is 4.39 Å². The number of halogens is 2. The van der Waals surface area contributed by atoms with E-state index in [1.807, 2.05) is 36.1 Å². The second-order valence-electron chi connectivity index (χ2n) is 10.4. The fraction of sp³-hybridized carbons (Fsp3) is 0.276. The summed E-state index contributed by atoms with van der Waals surface area (Å²) in [5.74, 6) is -0.369. The number of aryl methyl sites for hydroxylation is 1. The van der Waals surface area contributed by atoms with E-state index in [0.29, 0.717) is 18.0 Å². The highest BCUT2D eigenvalue weighted by atomic mass is 35.5. The van der Waals surface area contributed by atoms with E-state index in [9.17, 15) is 4.79 Å². The summed E-state index contributed by atoms with van der Waals surface area (Å²) in [6.45, 7) is 2.99. The first-order valence-corrected chi connectivity index (χ1v) is 13.8. The van der Waals surface area contributed by atoms with Crippen LogP contribution in [0.25, 0.3) is 28.2 Å². The van der Waals surface area contributed by atoms with Crippen molar-refractivity contribution in [3.8, 4) is 34.3 Å². The first kappa shape index (κ1) is 27.3. The van der Waals surface area contributed by atoms with E-state index in [1.165, 1.54) is 35.4 Å². The summed E-state index contributed by atoms with van der Waals surface area (Å²) in [6.07, 6.45) is 8.80. The maximum atomic E-state index is 15.4. The van der Waals surface area contributed by atoms with Gasteiger partial charge in [0.1, 0.15) is 6.07 Å². The van der Waals surface area contributed by atoms with E-state index in [-0.39, 0.29) is 33.2 Å². The van der Waals surface area contributed by atoms with Crippen LogP contribution in [-0.2, 0) is 7.05 Å². The van der Waals surface area contributed by atoms with E-state index >= 15 is 4.39 Å². The van der Waals surface area contributed by atoms with Crippen LogP contribution in [-0.4, -0.2) is 45.9 Å². The van der Waals surface area contributed by atoms with Gasteiger partial charge >= 0.3 is 0 Å². The molecule has 0 fully saturated rings. The average molecular weight is 585 g/mol. The number of benzene rings is 1. The summed E-state index contributed by atoms with van der Waals surface area (Å²) in [7, 11) is 1.89. The second kappa shape index (κ2) is 11.2. The molecule has 0 unspecified atom stereocenters. The van der Waals surface area contributed by atoms with Gasteiger partial charge in [0.2, 0.25) is 0 Å². The molecule has 1 aliphatic heterocycles. The Labute approximate surface area is 245 Å². The molecule has 42 heavy (non-hydrogen) atoms. The minimum atomic E-state index is -0.761. The number of rotatable bonds is 3. The van der Waals surface area contributed by atoms with Crippen molar-refractivity contribution in [1.29, 1.82) is 5.26 Å². The van der Waals surface area contributed by atoms with Crippen LogP contribution in [0.5, 0.6) is 0 Å². The van der Waals surface area contributed by atoms with Crippen LogP contribution >= 0.6 is 11.6 Å². The summed E-state index contributed by atoms with van der Waals surface area (Å²) in [6, 6.07) is 9.59. The van der Waals surface area contributed by atoms with Gasteiger partial charge in [-0.05, 0) is 43.0 Å². The highest BCUT2D eigenvalue weighted by Crippen LogP contribution is 2.34. The third-order valence-corrected chi connectivity index (χ3v) is 7.80. The van der Waals surface area contributed by atoms with E-state index in [1.54, 1.807) is 10.8 Å². The Hall–Kier alpha value is -4.89. The molecule has 4 aromatic heterocycles. The Morgan fingerprint density at radius 1 is 1.19 bits per heavy atom. The average Bonchev–Trinajstić information content (AvgIpc) is 3.62.